The Balaban J connectivity index is -0.0000000501. The maximum Gasteiger partial charge on any atom is 0.118 e. The van der Waals surface area contributed by atoms with Gasteiger partial charge < -0.3 is 25.8 Å². The Labute approximate surface area is 446 Å². The van der Waals surface area contributed by atoms with E-state index in [0.29, 0.717) is 0 Å². The van der Waals surface area contributed by atoms with Crippen molar-refractivity contribution in [3.05, 3.63) is 109 Å². The first-order valence-corrected chi connectivity index (χ1v) is 13.0. The summed E-state index contributed by atoms with van der Waals surface area (Å²) in [5.74, 6) is 3.54. The van der Waals surface area contributed by atoms with E-state index in [1.807, 2.05) is 63.9 Å². The van der Waals surface area contributed by atoms with Gasteiger partial charge >= 0.3 is 0 Å². The van der Waals surface area contributed by atoms with E-state index < -0.39 is 0 Å². The van der Waals surface area contributed by atoms with E-state index in [-0.39, 0.29) is 216 Å². The number of nitrogens with one attached hydrogen (secondary N) is 4. The molecule has 0 spiro atoms. The third-order valence-electron chi connectivity index (χ3n) is 7.91. The first kappa shape index (κ1) is 77.2. The van der Waals surface area contributed by atoms with Crippen LogP contribution in [-0.2, 0) is 211 Å². The van der Waals surface area contributed by atoms with Crippen LogP contribution in [0.25, 0.3) is 0 Å². The molecule has 4 aliphatic rings. The van der Waals surface area contributed by atoms with Crippen molar-refractivity contribution < 1.29 is 211 Å². The Morgan fingerprint density at radius 2 is 0.900 bits per heavy atom. The first-order valence-electron chi connectivity index (χ1n) is 13.0. The number of hydrogen-bond acceptors (Lipinski definition) is 9. The Morgan fingerprint density at radius 3 is 1.16 bits per heavy atom. The molecule has 0 atom stereocenters. The zero-order valence-electron chi connectivity index (χ0n) is 30.8. The predicted octanol–water partition coefficient (Wildman–Crippen LogP) is 5.19. The van der Waals surface area contributed by atoms with Crippen molar-refractivity contribution in [2.24, 2.45) is 5.10 Å². The fourth-order valence-electron chi connectivity index (χ4n) is 3.48. The summed E-state index contributed by atoms with van der Waals surface area (Å²) in [5.41, 5.74) is 11.6. The van der Waals surface area contributed by atoms with Gasteiger partial charge in [-0.2, -0.15) is 5.10 Å². The number of allylic oxidation sites excluding steroid dienone is 4. The Hall–Kier alpha value is 2.61. The molecule has 280 valence electrons. The molecule has 19 heteroatoms. The molecule has 0 saturated carbocycles. The third kappa shape index (κ3) is 21.8. The molecular formula is C31H51N9W10. The summed E-state index contributed by atoms with van der Waals surface area (Å²) in [6, 6.07) is 0. The molecule has 9 nitrogen and oxygen atoms in total. The zero-order valence-corrected chi connectivity index (χ0v) is 60.1. The van der Waals surface area contributed by atoms with Crippen LogP contribution in [0.15, 0.2) is 114 Å². The van der Waals surface area contributed by atoms with Gasteiger partial charge in [0.15, 0.2) is 0 Å². The van der Waals surface area contributed by atoms with Gasteiger partial charge in [0.2, 0.25) is 0 Å². The van der Waals surface area contributed by atoms with Crippen LogP contribution in [0, 0.1) is 0 Å². The van der Waals surface area contributed by atoms with Gasteiger partial charge in [0.25, 0.3) is 0 Å². The fourth-order valence-corrected chi connectivity index (χ4v) is 3.48. The van der Waals surface area contributed by atoms with Crippen LogP contribution in [0.3, 0.4) is 0 Å². The number of hydrazone groups is 1. The molecule has 0 aromatic rings. The second-order valence-corrected chi connectivity index (χ2v) is 10.6. The Morgan fingerprint density at radius 1 is 0.500 bits per heavy atom. The van der Waals surface area contributed by atoms with Crippen molar-refractivity contribution in [1.29, 1.82) is 0 Å². The second kappa shape index (κ2) is 34.8. The van der Waals surface area contributed by atoms with Gasteiger partial charge in [-0.1, -0.05) is 46.1 Å². The van der Waals surface area contributed by atoms with Crippen molar-refractivity contribution in [2.45, 2.75) is 54.0 Å². The standard InChI is InChI=1S/C9H14N2.C8H14N2.C8H12N2.C6H11N3.10W/c1-6-7(2)10-9(4)11(5)8(6)3;1-6-8(3,4)10(5)7(2)9-6;1-5-6(2)8(4)10-9-7(5)3;1-5-7-6(2)9(4)8(5)3;;;;;;;;;;/h10H,2,4H2,1,3,5H3;9H,1-2H2,3-5H3;9H,3H2,1-2,4H3;7H,1-2H2,3-4H3;;;;;;;;;;. The average Bonchev–Trinajstić information content (AvgIpc) is 3.22. The molecule has 4 rings (SSSR count). The average molecular weight is 2390 g/mol. The minimum atomic E-state index is 0. The molecule has 4 aliphatic heterocycles. The number of hydrogen-bond donors (Lipinski definition) is 4. The summed E-state index contributed by atoms with van der Waals surface area (Å²) in [5, 5.41) is 17.0. The Kier molecular flexibility index (Phi) is 53.8. The molecular weight excluding hydrogens is 2340 g/mol. The van der Waals surface area contributed by atoms with Gasteiger partial charge in [0.05, 0.1) is 22.8 Å². The molecule has 2 fully saturated rings. The number of likely N-dealkylation sites (N-methyl/N-ethyl adjacent to an activating group) is 1. The molecule has 4 heterocycles. The summed E-state index contributed by atoms with van der Waals surface area (Å²) in [6.07, 6.45) is 0. The van der Waals surface area contributed by atoms with E-state index in [0.717, 1.165) is 46.1 Å². The van der Waals surface area contributed by atoms with Crippen LogP contribution in [0.1, 0.15) is 48.5 Å². The fraction of sp³-hybridized carbons (Fsp3) is 0.387. The second-order valence-electron chi connectivity index (χ2n) is 10.6. The van der Waals surface area contributed by atoms with E-state index >= 15 is 0 Å². The van der Waals surface area contributed by atoms with Crippen LogP contribution in [0.5, 0.6) is 0 Å². The van der Waals surface area contributed by atoms with E-state index in [2.05, 4.69) is 105 Å². The van der Waals surface area contributed by atoms with E-state index in [1.54, 1.807) is 0 Å². The zero-order chi connectivity index (χ0) is 31.3. The van der Waals surface area contributed by atoms with Gasteiger partial charge in [-0.05, 0) is 65.2 Å². The van der Waals surface area contributed by atoms with Crippen LogP contribution >= 0.6 is 0 Å². The minimum Gasteiger partial charge on any atom is -0.351 e. The van der Waals surface area contributed by atoms with Crippen LogP contribution < -0.4 is 21.4 Å². The Bertz CT molecular complexity index is 1220. The maximum atomic E-state index is 4.05. The SMILES string of the molecule is C=C1NC(=C)C(C)(C)N1C.C=C1NC(=C)N(C)C(C)=C1C.C=C1NC(=C)N(C)N1C.C=C1NN=C(C)C(C)=C1C.[W].[W].[W].[W].[W].[W].[W].[W].[W].[W]. The quantitative estimate of drug-likeness (QED) is 0.265. The van der Waals surface area contributed by atoms with Crippen molar-refractivity contribution in [1.82, 2.24) is 41.2 Å². The summed E-state index contributed by atoms with van der Waals surface area (Å²) in [6.45, 7) is 41.2. The number of nitrogens with zero attached hydrogens (tertiary/aromatic N) is 5. The molecule has 50 heavy (non-hydrogen) atoms. The molecule has 0 aliphatic carbocycles. The van der Waals surface area contributed by atoms with E-state index in [4.69, 9.17) is 0 Å². The topological polar surface area (TPSA) is 73.4 Å². The van der Waals surface area contributed by atoms with Crippen molar-refractivity contribution in [3.8, 4) is 0 Å². The number of hydrazine groups is 1. The summed E-state index contributed by atoms with van der Waals surface area (Å²) in [7, 11) is 7.84. The van der Waals surface area contributed by atoms with Gasteiger partial charge in [0, 0.05) is 256 Å². The first-order chi connectivity index (χ1) is 18.2. The maximum absolute atomic E-state index is 4.05. The molecule has 0 aromatic carbocycles. The molecule has 2 saturated heterocycles. The van der Waals surface area contributed by atoms with Crippen LogP contribution in [0.2, 0.25) is 0 Å². The number of rotatable bonds is 0. The molecule has 0 bridgehead atoms. The van der Waals surface area contributed by atoms with Gasteiger partial charge in [0.1, 0.15) is 17.5 Å². The van der Waals surface area contributed by atoms with Crippen LogP contribution in [0.4, 0.5) is 0 Å². The van der Waals surface area contributed by atoms with Crippen LogP contribution in [-0.4, -0.2) is 59.3 Å². The van der Waals surface area contributed by atoms with Gasteiger partial charge in [-0.15, -0.1) is 0 Å². The molecule has 0 radical (unpaired) electrons. The molecule has 4 N–H and O–H groups in total. The van der Waals surface area contributed by atoms with Gasteiger partial charge in [-0.3, -0.25) is 15.4 Å². The van der Waals surface area contributed by atoms with Gasteiger partial charge in [-0.25, -0.2) is 0 Å². The smallest absolute Gasteiger partial charge is 0.118 e. The molecule has 0 amide bonds. The largest absolute Gasteiger partial charge is 0.351 e. The minimum absolute atomic E-state index is 0. The third-order valence-corrected chi connectivity index (χ3v) is 7.91. The van der Waals surface area contributed by atoms with E-state index in [9.17, 15) is 0 Å². The van der Waals surface area contributed by atoms with E-state index in [1.165, 1.54) is 22.4 Å². The van der Waals surface area contributed by atoms with Crippen molar-refractivity contribution in [3.63, 3.8) is 0 Å². The summed E-state index contributed by atoms with van der Waals surface area (Å²) in [4.78, 5) is 4.10. The van der Waals surface area contributed by atoms with Crippen molar-refractivity contribution in [2.75, 3.05) is 28.2 Å². The summed E-state index contributed by atoms with van der Waals surface area (Å²) < 4.78 is 0. The summed E-state index contributed by atoms with van der Waals surface area (Å²) >= 11 is 0. The monoisotopic (exact) mass is 2390 g/mol. The molecule has 0 aromatic heterocycles. The molecule has 0 unspecified atom stereocenters. The predicted molar refractivity (Wildman–Crippen MR) is 172 cm³/mol. The van der Waals surface area contributed by atoms with Crippen molar-refractivity contribution >= 4 is 5.71 Å². The normalized spacial score (nSPS) is 16.0.